The van der Waals surface area contributed by atoms with Gasteiger partial charge in [0.1, 0.15) is 0 Å². The van der Waals surface area contributed by atoms with Gasteiger partial charge in [0, 0.05) is 18.8 Å². The van der Waals surface area contributed by atoms with Gasteiger partial charge in [0.05, 0.1) is 5.69 Å². The third-order valence-corrected chi connectivity index (χ3v) is 3.04. The Morgan fingerprint density at radius 1 is 1.14 bits per heavy atom. The molecule has 0 radical (unpaired) electrons. The van der Waals surface area contributed by atoms with Crippen molar-refractivity contribution in [2.45, 2.75) is 13.5 Å². The number of aryl methyl sites for hydroxylation is 1. The molecule has 0 atom stereocenters. The molecule has 1 aromatic carbocycles. The van der Waals surface area contributed by atoms with Crippen molar-refractivity contribution in [3.8, 4) is 0 Å². The molecule has 2 aromatic rings. The lowest BCUT2D eigenvalue weighted by Gasteiger charge is -2.07. The normalized spacial score (nSPS) is 11.4. The van der Waals surface area contributed by atoms with E-state index in [9.17, 15) is 9.59 Å². The Bertz CT molecular complexity index is 695. The van der Waals surface area contributed by atoms with Crippen LogP contribution in [-0.2, 0) is 11.3 Å². The van der Waals surface area contributed by atoms with Gasteiger partial charge in [-0.05, 0) is 24.6 Å². The third kappa shape index (κ3) is 3.60. The summed E-state index contributed by atoms with van der Waals surface area (Å²) in [4.78, 5) is 22.5. The van der Waals surface area contributed by atoms with Gasteiger partial charge in [0.15, 0.2) is 0 Å². The fraction of sp³-hybridized carbons (Fsp3) is 0.125. The molecule has 0 saturated heterocycles. The van der Waals surface area contributed by atoms with Crippen molar-refractivity contribution in [2.75, 3.05) is 0 Å². The van der Waals surface area contributed by atoms with Gasteiger partial charge in [0.25, 0.3) is 0 Å². The number of hydrogen-bond donors (Lipinski definition) is 2. The maximum atomic E-state index is 12.0. The number of aromatic nitrogens is 1. The van der Waals surface area contributed by atoms with Crippen LogP contribution in [0.3, 0.4) is 0 Å². The molecule has 5 nitrogen and oxygen atoms in total. The zero-order valence-electron chi connectivity index (χ0n) is 11.5. The van der Waals surface area contributed by atoms with E-state index >= 15 is 0 Å². The molecule has 0 spiro atoms. The molecule has 0 unspecified atom stereocenters. The highest BCUT2D eigenvalue weighted by molar-refractivity contribution is 6.06. The summed E-state index contributed by atoms with van der Waals surface area (Å²) in [6.45, 7) is 2.49. The Labute approximate surface area is 121 Å². The minimum atomic E-state index is -1.53. The Hall–Kier alpha value is -2.82. The second-order valence-electron chi connectivity index (χ2n) is 4.71. The van der Waals surface area contributed by atoms with Gasteiger partial charge in [0.2, 0.25) is 11.5 Å². The predicted molar refractivity (Wildman–Crippen MR) is 77.4 cm³/mol. The summed E-state index contributed by atoms with van der Waals surface area (Å²) in [6.07, 6.45) is 2.45. The summed E-state index contributed by atoms with van der Waals surface area (Å²) in [5.41, 5.74) is 2.50. The van der Waals surface area contributed by atoms with E-state index in [0.29, 0.717) is 18.3 Å². The Balaban J connectivity index is 2.22. The average molecular weight is 285 g/mol. The maximum Gasteiger partial charge on any atom is 0.371 e. The molecule has 1 aromatic heterocycles. The average Bonchev–Trinajstić information content (AvgIpc) is 2.89. The Morgan fingerprint density at radius 3 is 2.43 bits per heavy atom. The number of carbonyl (C=O) groups excluding carboxylic acids is 1. The molecule has 5 heteroatoms. The van der Waals surface area contributed by atoms with Crippen molar-refractivity contribution in [2.24, 2.45) is 0 Å². The van der Waals surface area contributed by atoms with Crippen LogP contribution >= 0.6 is 0 Å². The van der Waals surface area contributed by atoms with Crippen molar-refractivity contribution in [1.82, 2.24) is 4.57 Å². The molecular formula is C16H15NO4. The number of aliphatic carboxylic acids is 1. The highest BCUT2D eigenvalue weighted by atomic mass is 16.4. The van der Waals surface area contributed by atoms with Crippen molar-refractivity contribution in [1.29, 1.82) is 0 Å². The largest absolute Gasteiger partial charge is 0.502 e. The van der Waals surface area contributed by atoms with Gasteiger partial charge in [-0.25, -0.2) is 4.79 Å². The van der Waals surface area contributed by atoms with Crippen molar-refractivity contribution < 1.29 is 19.8 Å². The van der Waals surface area contributed by atoms with Crippen molar-refractivity contribution in [3.63, 3.8) is 0 Å². The summed E-state index contributed by atoms with van der Waals surface area (Å²) in [6, 6.07) is 11.2. The van der Waals surface area contributed by atoms with Crippen LogP contribution in [0.5, 0.6) is 0 Å². The third-order valence-electron chi connectivity index (χ3n) is 3.04. The molecule has 108 valence electrons. The van der Waals surface area contributed by atoms with E-state index in [0.717, 1.165) is 11.1 Å². The molecule has 2 N–H and O–H groups in total. The quantitative estimate of drug-likeness (QED) is 0.502. The number of aliphatic hydroxyl groups excluding tert-OH is 1. The molecule has 0 bridgehead atoms. The van der Waals surface area contributed by atoms with Crippen LogP contribution in [0.15, 0.2) is 54.4 Å². The number of allylic oxidation sites excluding steroid dienone is 1. The molecule has 0 amide bonds. The molecule has 0 aliphatic heterocycles. The first-order valence-corrected chi connectivity index (χ1v) is 6.36. The van der Waals surface area contributed by atoms with Gasteiger partial charge in [-0.1, -0.05) is 29.8 Å². The molecule has 2 rings (SSSR count). The minimum Gasteiger partial charge on any atom is -0.502 e. The number of carbonyl (C=O) groups is 2. The predicted octanol–water partition coefficient (Wildman–Crippen LogP) is 2.55. The van der Waals surface area contributed by atoms with Gasteiger partial charge < -0.3 is 14.8 Å². The second-order valence-corrected chi connectivity index (χ2v) is 4.71. The van der Waals surface area contributed by atoms with Crippen LogP contribution in [0.1, 0.15) is 21.6 Å². The van der Waals surface area contributed by atoms with Gasteiger partial charge in [-0.2, -0.15) is 0 Å². The maximum absolute atomic E-state index is 12.0. The second kappa shape index (κ2) is 6.09. The van der Waals surface area contributed by atoms with E-state index in [1.54, 1.807) is 22.9 Å². The Morgan fingerprint density at radius 2 is 1.81 bits per heavy atom. The van der Waals surface area contributed by atoms with E-state index in [1.807, 2.05) is 31.2 Å². The molecule has 1 heterocycles. The summed E-state index contributed by atoms with van der Waals surface area (Å²) < 4.78 is 1.71. The van der Waals surface area contributed by atoms with E-state index in [2.05, 4.69) is 0 Å². The zero-order valence-corrected chi connectivity index (χ0v) is 11.5. The molecule has 0 aliphatic rings. The molecule has 0 saturated carbocycles. The lowest BCUT2D eigenvalue weighted by atomic mass is 10.1. The number of nitrogens with zero attached hydrogens (tertiary/aromatic N) is 1. The summed E-state index contributed by atoms with van der Waals surface area (Å²) in [5.74, 6) is -3.05. The first-order valence-electron chi connectivity index (χ1n) is 6.36. The first-order chi connectivity index (χ1) is 9.97. The van der Waals surface area contributed by atoms with Crippen LogP contribution in [0.2, 0.25) is 0 Å². The van der Waals surface area contributed by atoms with Crippen LogP contribution in [0.4, 0.5) is 0 Å². The highest BCUT2D eigenvalue weighted by Crippen LogP contribution is 2.11. The summed E-state index contributed by atoms with van der Waals surface area (Å²) >= 11 is 0. The SMILES string of the molecule is Cc1ccc(Cn2cccc2C(=O)C=C(O)C(=O)O)cc1. The number of rotatable bonds is 5. The van der Waals surface area contributed by atoms with E-state index in [4.69, 9.17) is 10.2 Å². The number of carboxylic acid groups (broad SMARTS) is 1. The molecule has 21 heavy (non-hydrogen) atoms. The lowest BCUT2D eigenvalue weighted by molar-refractivity contribution is -0.135. The number of hydrogen-bond acceptors (Lipinski definition) is 3. The van der Waals surface area contributed by atoms with E-state index in [1.165, 1.54) is 0 Å². The molecule has 0 aliphatic carbocycles. The summed E-state index contributed by atoms with van der Waals surface area (Å²) in [7, 11) is 0. The standard InChI is InChI=1S/C16H15NO4/c1-11-4-6-12(7-5-11)10-17-8-2-3-13(17)14(18)9-15(19)16(20)21/h2-9,19H,10H2,1H3,(H,20,21). The topological polar surface area (TPSA) is 79.5 Å². The van der Waals surface area contributed by atoms with Gasteiger partial charge >= 0.3 is 5.97 Å². The molecule has 0 fully saturated rings. The van der Waals surface area contributed by atoms with E-state index in [-0.39, 0.29) is 0 Å². The fourth-order valence-corrected chi connectivity index (χ4v) is 1.93. The summed E-state index contributed by atoms with van der Waals surface area (Å²) in [5, 5.41) is 17.7. The highest BCUT2D eigenvalue weighted by Gasteiger charge is 2.13. The van der Waals surface area contributed by atoms with Gasteiger partial charge in [-0.15, -0.1) is 0 Å². The zero-order chi connectivity index (χ0) is 15.4. The van der Waals surface area contributed by atoms with Crippen LogP contribution < -0.4 is 0 Å². The lowest BCUT2D eigenvalue weighted by Crippen LogP contribution is -2.10. The number of aliphatic hydroxyl groups is 1. The fourth-order valence-electron chi connectivity index (χ4n) is 1.93. The molecular weight excluding hydrogens is 270 g/mol. The smallest absolute Gasteiger partial charge is 0.371 e. The first kappa shape index (κ1) is 14.6. The number of ketones is 1. The van der Waals surface area contributed by atoms with Gasteiger partial charge in [-0.3, -0.25) is 4.79 Å². The van der Waals surface area contributed by atoms with Crippen molar-refractivity contribution >= 4 is 11.8 Å². The monoisotopic (exact) mass is 285 g/mol. The Kier molecular flexibility index (Phi) is 4.23. The van der Waals surface area contributed by atoms with Crippen LogP contribution in [-0.4, -0.2) is 26.5 Å². The minimum absolute atomic E-state index is 0.323. The van der Waals surface area contributed by atoms with Crippen LogP contribution in [0, 0.1) is 6.92 Å². The van der Waals surface area contributed by atoms with Crippen molar-refractivity contribution in [3.05, 3.63) is 71.3 Å². The number of carboxylic acids is 1. The van der Waals surface area contributed by atoms with E-state index < -0.39 is 17.5 Å². The number of benzene rings is 1. The van der Waals surface area contributed by atoms with Crippen LogP contribution in [0.25, 0.3) is 0 Å².